The highest BCUT2D eigenvalue weighted by Gasteiger charge is 2.36. The second-order valence-corrected chi connectivity index (χ2v) is 5.41. The Balaban J connectivity index is 2.14. The molecule has 0 aliphatic carbocycles. The van der Waals surface area contributed by atoms with Crippen LogP contribution in [0.1, 0.15) is 19.4 Å². The van der Waals surface area contributed by atoms with Crippen LogP contribution in [0.5, 0.6) is 5.75 Å². The van der Waals surface area contributed by atoms with E-state index in [1.165, 1.54) is 0 Å². The molecule has 0 atom stereocenters. The van der Waals surface area contributed by atoms with Crippen molar-refractivity contribution < 1.29 is 14.7 Å². The number of anilines is 1. The number of rotatable bonds is 4. The summed E-state index contributed by atoms with van der Waals surface area (Å²) in [6, 6.07) is 16.1. The molecule has 2 rings (SSSR count). The molecule has 2 aromatic carbocycles. The first-order chi connectivity index (χ1) is 9.91. The molecule has 110 valence electrons. The third kappa shape index (κ3) is 3.41. The van der Waals surface area contributed by atoms with E-state index in [9.17, 15) is 10.0 Å². The van der Waals surface area contributed by atoms with Gasteiger partial charge < -0.3 is 4.74 Å². The highest BCUT2D eigenvalue weighted by atomic mass is 16.6. The molecular weight excluding hydrogens is 266 g/mol. The average Bonchev–Trinajstić information content (AvgIpc) is 2.49. The molecular formula is C17H19NO3. The first kappa shape index (κ1) is 15.1. The number of benzene rings is 2. The van der Waals surface area contributed by atoms with Gasteiger partial charge in [0.2, 0.25) is 0 Å². The van der Waals surface area contributed by atoms with Crippen molar-refractivity contribution in [2.75, 3.05) is 5.06 Å². The number of hydroxylamine groups is 1. The maximum Gasteiger partial charge on any atom is 0.339 e. The van der Waals surface area contributed by atoms with E-state index in [0.717, 1.165) is 10.6 Å². The van der Waals surface area contributed by atoms with E-state index < -0.39 is 11.5 Å². The molecule has 0 heterocycles. The summed E-state index contributed by atoms with van der Waals surface area (Å²) in [7, 11) is 0. The number of carbonyl (C=O) groups is 1. The van der Waals surface area contributed by atoms with Crippen molar-refractivity contribution in [3.63, 3.8) is 0 Å². The van der Waals surface area contributed by atoms with Crippen molar-refractivity contribution in [1.29, 1.82) is 0 Å². The fourth-order valence-electron chi connectivity index (χ4n) is 1.82. The lowest BCUT2D eigenvalue weighted by Gasteiger charge is -2.32. The van der Waals surface area contributed by atoms with Gasteiger partial charge in [0.1, 0.15) is 5.75 Å². The molecule has 4 nitrogen and oxygen atoms in total. The van der Waals surface area contributed by atoms with Crippen LogP contribution in [0.25, 0.3) is 0 Å². The third-order valence-corrected chi connectivity index (χ3v) is 3.26. The van der Waals surface area contributed by atoms with Crippen LogP contribution in [0.15, 0.2) is 54.6 Å². The highest BCUT2D eigenvalue weighted by molar-refractivity contribution is 5.85. The largest absolute Gasteiger partial charge is 0.425 e. The fraction of sp³-hybridized carbons (Fsp3) is 0.235. The first-order valence-electron chi connectivity index (χ1n) is 6.74. The molecule has 0 aliphatic rings. The minimum absolute atomic E-state index is 0.458. The zero-order valence-corrected chi connectivity index (χ0v) is 12.4. The molecule has 0 spiro atoms. The van der Waals surface area contributed by atoms with Gasteiger partial charge in [0.25, 0.3) is 0 Å². The monoisotopic (exact) mass is 285 g/mol. The lowest BCUT2D eigenvalue weighted by molar-refractivity contribution is -0.141. The molecule has 0 bridgehead atoms. The maximum absolute atomic E-state index is 12.3. The van der Waals surface area contributed by atoms with Gasteiger partial charge in [-0.1, -0.05) is 35.9 Å². The lowest BCUT2D eigenvalue weighted by atomic mass is 10.0. The Hall–Kier alpha value is -2.33. The first-order valence-corrected chi connectivity index (χ1v) is 6.74. The van der Waals surface area contributed by atoms with Gasteiger partial charge >= 0.3 is 5.97 Å². The number of nitrogens with zero attached hydrogens (tertiary/aromatic N) is 1. The Morgan fingerprint density at radius 3 is 2.19 bits per heavy atom. The van der Waals surface area contributed by atoms with E-state index in [4.69, 9.17) is 4.74 Å². The van der Waals surface area contributed by atoms with Gasteiger partial charge in [-0.2, -0.15) is 0 Å². The van der Waals surface area contributed by atoms with Crippen LogP contribution >= 0.6 is 0 Å². The van der Waals surface area contributed by atoms with E-state index in [1.807, 2.05) is 25.1 Å². The SMILES string of the molecule is Cc1ccc(OC(=O)C(C)(C)N(O)c2ccccc2)cc1. The predicted molar refractivity (Wildman–Crippen MR) is 81.6 cm³/mol. The van der Waals surface area contributed by atoms with E-state index in [0.29, 0.717) is 11.4 Å². The van der Waals surface area contributed by atoms with Crippen LogP contribution in [-0.4, -0.2) is 16.7 Å². The highest BCUT2D eigenvalue weighted by Crippen LogP contribution is 2.24. The summed E-state index contributed by atoms with van der Waals surface area (Å²) in [5, 5.41) is 11.2. The Morgan fingerprint density at radius 2 is 1.62 bits per heavy atom. The van der Waals surface area contributed by atoms with Crippen LogP contribution in [0.4, 0.5) is 5.69 Å². The predicted octanol–water partition coefficient (Wildman–Crippen LogP) is 3.57. The molecule has 0 saturated carbocycles. The summed E-state index contributed by atoms with van der Waals surface area (Å²) in [6.07, 6.45) is 0. The van der Waals surface area contributed by atoms with Crippen molar-refractivity contribution in [1.82, 2.24) is 0 Å². The molecule has 0 aromatic heterocycles. The number of esters is 1. The van der Waals surface area contributed by atoms with Gasteiger partial charge in [-0.05, 0) is 45.0 Å². The second kappa shape index (κ2) is 5.97. The number of carbonyl (C=O) groups excluding carboxylic acids is 1. The Labute approximate surface area is 124 Å². The van der Waals surface area contributed by atoms with Crippen molar-refractivity contribution in [2.24, 2.45) is 0 Å². The molecule has 4 heteroatoms. The van der Waals surface area contributed by atoms with Gasteiger partial charge in [-0.25, -0.2) is 9.86 Å². The number of ether oxygens (including phenoxy) is 1. The van der Waals surface area contributed by atoms with Gasteiger partial charge in [-0.3, -0.25) is 5.21 Å². The Bertz CT molecular complexity index is 606. The van der Waals surface area contributed by atoms with Crippen LogP contribution in [0.3, 0.4) is 0 Å². The smallest absolute Gasteiger partial charge is 0.339 e. The van der Waals surface area contributed by atoms with Crippen molar-refractivity contribution >= 4 is 11.7 Å². The van der Waals surface area contributed by atoms with Crippen molar-refractivity contribution in [3.05, 3.63) is 60.2 Å². The summed E-state index contributed by atoms with van der Waals surface area (Å²) in [6.45, 7) is 5.17. The number of hydrogen-bond acceptors (Lipinski definition) is 4. The van der Waals surface area contributed by atoms with Gasteiger partial charge in [-0.15, -0.1) is 0 Å². The van der Waals surface area contributed by atoms with Crippen LogP contribution in [0.2, 0.25) is 0 Å². The summed E-state index contributed by atoms with van der Waals surface area (Å²) in [5.41, 5.74) is 0.414. The molecule has 0 radical (unpaired) electrons. The van der Waals surface area contributed by atoms with Crippen LogP contribution in [-0.2, 0) is 4.79 Å². The standard InChI is InChI=1S/C17H19NO3/c1-13-9-11-15(12-10-13)21-16(19)17(2,3)18(20)14-7-5-4-6-8-14/h4-12,20H,1-3H3. The van der Waals surface area contributed by atoms with E-state index >= 15 is 0 Å². The van der Waals surface area contributed by atoms with Crippen molar-refractivity contribution in [3.8, 4) is 5.75 Å². The average molecular weight is 285 g/mol. The fourth-order valence-corrected chi connectivity index (χ4v) is 1.82. The van der Waals surface area contributed by atoms with E-state index in [2.05, 4.69) is 0 Å². The van der Waals surface area contributed by atoms with Gasteiger partial charge in [0, 0.05) is 0 Å². The summed E-state index contributed by atoms with van der Waals surface area (Å²) < 4.78 is 5.34. The van der Waals surface area contributed by atoms with Crippen LogP contribution < -0.4 is 9.80 Å². The molecule has 1 N–H and O–H groups in total. The Morgan fingerprint density at radius 1 is 1.05 bits per heavy atom. The van der Waals surface area contributed by atoms with E-state index in [1.54, 1.807) is 50.2 Å². The van der Waals surface area contributed by atoms with Crippen LogP contribution in [0, 0.1) is 6.92 Å². The maximum atomic E-state index is 12.3. The number of hydrogen-bond donors (Lipinski definition) is 1. The minimum atomic E-state index is -1.20. The topological polar surface area (TPSA) is 49.8 Å². The normalized spacial score (nSPS) is 11.0. The summed E-state index contributed by atoms with van der Waals surface area (Å²) in [5.74, 6) is -0.0714. The lowest BCUT2D eigenvalue weighted by Crippen LogP contribution is -2.50. The van der Waals surface area contributed by atoms with Gasteiger partial charge in [0.05, 0.1) is 5.69 Å². The molecule has 0 amide bonds. The zero-order valence-electron chi connectivity index (χ0n) is 12.4. The molecule has 0 unspecified atom stereocenters. The third-order valence-electron chi connectivity index (χ3n) is 3.26. The quantitative estimate of drug-likeness (QED) is 0.530. The molecule has 0 saturated heterocycles. The summed E-state index contributed by atoms with van der Waals surface area (Å²) in [4.78, 5) is 12.3. The molecule has 0 aliphatic heterocycles. The zero-order chi connectivity index (χ0) is 15.5. The molecule has 21 heavy (non-hydrogen) atoms. The van der Waals surface area contributed by atoms with E-state index in [-0.39, 0.29) is 0 Å². The number of aryl methyl sites for hydroxylation is 1. The number of para-hydroxylation sites is 1. The molecule has 0 fully saturated rings. The second-order valence-electron chi connectivity index (χ2n) is 5.41. The van der Waals surface area contributed by atoms with Gasteiger partial charge in [0.15, 0.2) is 5.54 Å². The molecule has 2 aromatic rings. The summed E-state index contributed by atoms with van der Waals surface area (Å²) >= 11 is 0. The Kier molecular flexibility index (Phi) is 4.29. The minimum Gasteiger partial charge on any atom is -0.425 e. The van der Waals surface area contributed by atoms with Crippen molar-refractivity contribution in [2.45, 2.75) is 26.3 Å².